The Labute approximate surface area is 146 Å². The van der Waals surface area contributed by atoms with Crippen LogP contribution in [-0.2, 0) is 9.59 Å². The Hall–Kier alpha value is -1.76. The molecule has 3 rings (SSSR count). The van der Waals surface area contributed by atoms with E-state index in [-0.39, 0.29) is 17.9 Å². The van der Waals surface area contributed by atoms with Crippen molar-refractivity contribution in [2.75, 3.05) is 13.1 Å². The molecule has 2 aliphatic rings. The van der Waals surface area contributed by atoms with E-state index in [0.29, 0.717) is 31.0 Å². The molecule has 6 nitrogen and oxygen atoms in total. The van der Waals surface area contributed by atoms with Gasteiger partial charge in [0.25, 0.3) is 5.91 Å². The van der Waals surface area contributed by atoms with Gasteiger partial charge in [-0.05, 0) is 33.6 Å². The van der Waals surface area contributed by atoms with Crippen LogP contribution in [0.1, 0.15) is 56.2 Å². The summed E-state index contributed by atoms with van der Waals surface area (Å²) in [5.74, 6) is 0.288. The lowest BCUT2D eigenvalue weighted by molar-refractivity contribution is -0.133. The first kappa shape index (κ1) is 17.1. The van der Waals surface area contributed by atoms with Crippen molar-refractivity contribution in [1.29, 1.82) is 0 Å². The number of piperidine rings is 1. The maximum atomic E-state index is 12.9. The molecule has 3 heterocycles. The second-order valence-corrected chi connectivity index (χ2v) is 7.69. The summed E-state index contributed by atoms with van der Waals surface area (Å²) < 4.78 is 0. The molecule has 1 aromatic heterocycles. The second-order valence-electron chi connectivity index (χ2n) is 6.80. The average Bonchev–Trinajstić information content (AvgIpc) is 3.01. The molecule has 0 bridgehead atoms. The van der Waals surface area contributed by atoms with Crippen LogP contribution < -0.4 is 0 Å². The molecular weight excluding hydrogens is 324 g/mol. The first-order valence-electron chi connectivity index (χ1n) is 8.56. The van der Waals surface area contributed by atoms with Gasteiger partial charge in [0.2, 0.25) is 5.91 Å². The van der Waals surface area contributed by atoms with Crippen molar-refractivity contribution in [2.24, 2.45) is 5.10 Å². The average molecular weight is 348 g/mol. The number of likely N-dealkylation sites (tertiary alicyclic amines) is 1. The minimum absolute atomic E-state index is 0.00340. The highest BCUT2D eigenvalue weighted by molar-refractivity contribution is 7.09. The quantitative estimate of drug-likeness (QED) is 0.843. The Morgan fingerprint density at radius 3 is 2.83 bits per heavy atom. The first-order valence-corrected chi connectivity index (χ1v) is 9.44. The van der Waals surface area contributed by atoms with Crippen molar-refractivity contribution in [3.63, 3.8) is 0 Å². The topological polar surface area (TPSA) is 65.9 Å². The van der Waals surface area contributed by atoms with Crippen LogP contribution in [0.5, 0.6) is 0 Å². The van der Waals surface area contributed by atoms with Gasteiger partial charge >= 0.3 is 0 Å². The molecule has 0 aromatic carbocycles. The van der Waals surface area contributed by atoms with Gasteiger partial charge < -0.3 is 4.90 Å². The number of carbonyl (C=O) groups excluding carboxylic acids is 2. The number of hydrazone groups is 1. The Bertz CT molecular complexity index is 667. The number of rotatable bonds is 3. The van der Waals surface area contributed by atoms with Crippen molar-refractivity contribution >= 4 is 28.9 Å². The minimum Gasteiger partial charge on any atom is -0.337 e. The third-order valence-corrected chi connectivity index (χ3v) is 5.62. The lowest BCUT2D eigenvalue weighted by atomic mass is 9.98. The van der Waals surface area contributed by atoms with Crippen LogP contribution in [0.15, 0.2) is 10.5 Å². The molecule has 1 atom stereocenters. The smallest absolute Gasteiger partial charge is 0.270 e. The predicted molar refractivity (Wildman–Crippen MR) is 94.1 cm³/mol. The molecule has 2 amide bonds. The zero-order chi connectivity index (χ0) is 17.3. The Morgan fingerprint density at radius 2 is 2.17 bits per heavy atom. The highest BCUT2D eigenvalue weighted by Crippen LogP contribution is 2.29. The van der Waals surface area contributed by atoms with E-state index in [0.717, 1.165) is 30.1 Å². The summed E-state index contributed by atoms with van der Waals surface area (Å²) in [6.45, 7) is 7.28. The molecule has 2 aliphatic heterocycles. The highest BCUT2D eigenvalue weighted by atomic mass is 32.1. The lowest BCUT2D eigenvalue weighted by Gasteiger charge is -2.33. The fraction of sp³-hybridized carbons (Fsp3) is 0.647. The van der Waals surface area contributed by atoms with E-state index < -0.39 is 0 Å². The standard InChI is InChI=1S/C17H24N4O2S/c1-11(2)21-15(22)7-6-14(19-21)17(23)20-8-4-5-13(9-20)16-18-12(3)10-24-16/h10-11,13H,4-9H2,1-3H3/t13-/m0/s1. The number of nitrogens with zero attached hydrogens (tertiary/aromatic N) is 4. The molecule has 0 N–H and O–H groups in total. The van der Waals surface area contributed by atoms with Crippen LogP contribution in [0.3, 0.4) is 0 Å². The van der Waals surface area contributed by atoms with Crippen LogP contribution in [0.2, 0.25) is 0 Å². The Balaban J connectivity index is 1.72. The highest BCUT2D eigenvalue weighted by Gasteiger charge is 2.32. The van der Waals surface area contributed by atoms with Crippen LogP contribution in [0, 0.1) is 6.92 Å². The van der Waals surface area contributed by atoms with Crippen LogP contribution in [0.25, 0.3) is 0 Å². The largest absolute Gasteiger partial charge is 0.337 e. The van der Waals surface area contributed by atoms with E-state index >= 15 is 0 Å². The van der Waals surface area contributed by atoms with Gasteiger partial charge in [0.1, 0.15) is 5.71 Å². The number of thiazole rings is 1. The molecule has 0 aliphatic carbocycles. The molecule has 7 heteroatoms. The molecular formula is C17H24N4O2S. The maximum Gasteiger partial charge on any atom is 0.270 e. The SMILES string of the molecule is Cc1csc([C@H]2CCCN(C(=O)C3=NN(C(C)C)C(=O)CC3)C2)n1. The summed E-state index contributed by atoms with van der Waals surface area (Å²) in [5.41, 5.74) is 1.56. The van der Waals surface area contributed by atoms with Crippen molar-refractivity contribution < 1.29 is 9.59 Å². The third kappa shape index (κ3) is 3.50. The summed E-state index contributed by atoms with van der Waals surface area (Å²) in [4.78, 5) is 31.2. The fourth-order valence-corrected chi connectivity index (χ4v) is 4.16. The third-order valence-electron chi connectivity index (χ3n) is 4.49. The molecule has 0 saturated carbocycles. The van der Waals surface area contributed by atoms with Crippen LogP contribution in [0.4, 0.5) is 0 Å². The van der Waals surface area contributed by atoms with E-state index in [9.17, 15) is 9.59 Å². The predicted octanol–water partition coefficient (Wildman–Crippen LogP) is 2.54. The Kier molecular flexibility index (Phi) is 4.99. The zero-order valence-corrected chi connectivity index (χ0v) is 15.3. The van der Waals surface area contributed by atoms with Gasteiger partial charge in [0.05, 0.1) is 5.01 Å². The van der Waals surface area contributed by atoms with Crippen molar-refractivity contribution in [1.82, 2.24) is 14.9 Å². The number of amides is 2. The molecule has 1 saturated heterocycles. The van der Waals surface area contributed by atoms with Crippen molar-refractivity contribution in [3.8, 4) is 0 Å². The van der Waals surface area contributed by atoms with Crippen molar-refractivity contribution in [3.05, 3.63) is 16.1 Å². The number of aromatic nitrogens is 1. The maximum absolute atomic E-state index is 12.9. The fourth-order valence-electron chi connectivity index (χ4n) is 3.23. The van der Waals surface area contributed by atoms with Gasteiger partial charge in [-0.1, -0.05) is 0 Å². The number of hydrogen-bond acceptors (Lipinski definition) is 5. The van der Waals surface area contributed by atoms with Gasteiger partial charge in [0.15, 0.2) is 0 Å². The zero-order valence-electron chi connectivity index (χ0n) is 14.5. The molecule has 0 radical (unpaired) electrons. The normalized spacial score (nSPS) is 22.1. The lowest BCUT2D eigenvalue weighted by Crippen LogP contribution is -2.46. The van der Waals surface area contributed by atoms with Gasteiger partial charge in [-0.25, -0.2) is 9.99 Å². The van der Waals surface area contributed by atoms with Crippen LogP contribution in [-0.4, -0.2) is 51.6 Å². The molecule has 1 fully saturated rings. The van der Waals surface area contributed by atoms with Gasteiger partial charge in [-0.15, -0.1) is 11.3 Å². The summed E-state index contributed by atoms with van der Waals surface area (Å²) >= 11 is 1.68. The van der Waals surface area contributed by atoms with Crippen molar-refractivity contribution in [2.45, 2.75) is 58.4 Å². The van der Waals surface area contributed by atoms with Crippen LogP contribution >= 0.6 is 11.3 Å². The van der Waals surface area contributed by atoms with E-state index in [1.807, 2.05) is 25.7 Å². The summed E-state index contributed by atoms with van der Waals surface area (Å²) in [6.07, 6.45) is 2.86. The van der Waals surface area contributed by atoms with E-state index in [1.54, 1.807) is 11.3 Å². The summed E-state index contributed by atoms with van der Waals surface area (Å²) in [7, 11) is 0. The monoisotopic (exact) mass is 348 g/mol. The molecule has 0 spiro atoms. The number of aryl methyl sites for hydroxylation is 1. The molecule has 24 heavy (non-hydrogen) atoms. The summed E-state index contributed by atoms with van der Waals surface area (Å²) in [5, 5.41) is 8.97. The van der Waals surface area contributed by atoms with E-state index in [2.05, 4.69) is 15.5 Å². The molecule has 130 valence electrons. The molecule has 1 aromatic rings. The second kappa shape index (κ2) is 7.01. The van der Waals surface area contributed by atoms with Gasteiger partial charge in [-0.2, -0.15) is 5.10 Å². The Morgan fingerprint density at radius 1 is 1.38 bits per heavy atom. The van der Waals surface area contributed by atoms with E-state index in [1.165, 1.54) is 5.01 Å². The molecule has 0 unspecified atom stereocenters. The summed E-state index contributed by atoms with van der Waals surface area (Å²) in [6, 6.07) is -0.0204. The van der Waals surface area contributed by atoms with Gasteiger partial charge in [0, 0.05) is 49.0 Å². The number of hydrogen-bond donors (Lipinski definition) is 0. The van der Waals surface area contributed by atoms with Gasteiger partial charge in [-0.3, -0.25) is 9.59 Å². The first-order chi connectivity index (χ1) is 11.5. The van der Waals surface area contributed by atoms with E-state index in [4.69, 9.17) is 0 Å². The minimum atomic E-state index is -0.0221. The number of carbonyl (C=O) groups is 2.